The third kappa shape index (κ3) is 4.50. The van der Waals surface area contributed by atoms with E-state index in [0.29, 0.717) is 11.1 Å². The number of rotatable bonds is 4. The number of thiazole rings is 1. The van der Waals surface area contributed by atoms with E-state index < -0.39 is 0 Å². The van der Waals surface area contributed by atoms with Crippen LogP contribution >= 0.6 is 22.9 Å². The second kappa shape index (κ2) is 9.40. The zero-order chi connectivity index (χ0) is 22.1. The van der Waals surface area contributed by atoms with Crippen LogP contribution in [0.2, 0.25) is 5.02 Å². The lowest BCUT2D eigenvalue weighted by Gasteiger charge is -2.32. The van der Waals surface area contributed by atoms with Crippen molar-refractivity contribution in [2.24, 2.45) is 5.92 Å². The summed E-state index contributed by atoms with van der Waals surface area (Å²) in [5.74, 6) is 0.263. The number of hydrogen-bond donors (Lipinski definition) is 1. The van der Waals surface area contributed by atoms with E-state index in [1.807, 2.05) is 35.9 Å². The first-order valence-electron chi connectivity index (χ1n) is 11.8. The first kappa shape index (κ1) is 21.7. The van der Waals surface area contributed by atoms with Crippen molar-refractivity contribution in [2.45, 2.75) is 64.3 Å². The van der Waals surface area contributed by atoms with Crippen molar-refractivity contribution in [3.05, 3.63) is 35.0 Å². The Morgan fingerprint density at radius 3 is 2.59 bits per heavy atom. The smallest absolute Gasteiger partial charge is 0.225 e. The molecule has 3 heterocycles. The monoisotopic (exact) mass is 471 g/mol. The molecule has 1 amide bonds. The molecule has 2 aliphatic rings. The van der Waals surface area contributed by atoms with Gasteiger partial charge in [0.1, 0.15) is 0 Å². The molecule has 2 aromatic heterocycles. The fraction of sp³-hybridized carbons (Fsp3) is 0.542. The molecule has 1 saturated carbocycles. The zero-order valence-electron chi connectivity index (χ0n) is 18.5. The van der Waals surface area contributed by atoms with Crippen molar-refractivity contribution in [3.8, 4) is 5.69 Å². The van der Waals surface area contributed by atoms with Gasteiger partial charge in [-0.25, -0.2) is 4.68 Å². The van der Waals surface area contributed by atoms with Crippen LogP contribution in [0, 0.1) is 12.8 Å². The number of fused-ring (bicyclic) bond motifs is 1. The number of hydrogen-bond acceptors (Lipinski definition) is 5. The lowest BCUT2D eigenvalue weighted by molar-refractivity contribution is -0.126. The minimum absolute atomic E-state index is 0.0351. The van der Waals surface area contributed by atoms with E-state index in [-0.39, 0.29) is 11.8 Å². The Balaban J connectivity index is 1.33. The van der Waals surface area contributed by atoms with Gasteiger partial charge >= 0.3 is 0 Å². The first-order valence-corrected chi connectivity index (χ1v) is 13.0. The Morgan fingerprint density at radius 1 is 1.09 bits per heavy atom. The van der Waals surface area contributed by atoms with Gasteiger partial charge in [0.2, 0.25) is 5.91 Å². The third-order valence-corrected chi connectivity index (χ3v) is 8.18. The Labute approximate surface area is 198 Å². The van der Waals surface area contributed by atoms with Gasteiger partial charge in [-0.2, -0.15) is 10.1 Å². The number of nitrogens with zero attached hydrogens (tertiary/aromatic N) is 4. The molecule has 32 heavy (non-hydrogen) atoms. The number of aryl methyl sites for hydroxylation is 1. The Bertz CT molecular complexity index is 1080. The normalized spacial score (nSPS) is 20.4. The van der Waals surface area contributed by atoms with Crippen molar-refractivity contribution in [1.29, 1.82) is 0 Å². The summed E-state index contributed by atoms with van der Waals surface area (Å²) in [6.45, 7) is 3.70. The Hall–Kier alpha value is -2.12. The molecule has 3 aromatic rings. The lowest BCUT2D eigenvalue weighted by Crippen LogP contribution is -2.46. The van der Waals surface area contributed by atoms with Gasteiger partial charge in [0, 0.05) is 24.2 Å². The molecule has 1 aliphatic carbocycles. The number of halogens is 1. The van der Waals surface area contributed by atoms with Gasteiger partial charge < -0.3 is 10.2 Å². The maximum atomic E-state index is 13.0. The van der Waals surface area contributed by atoms with Gasteiger partial charge in [-0.1, -0.05) is 48.6 Å². The fourth-order valence-corrected chi connectivity index (χ4v) is 6.08. The van der Waals surface area contributed by atoms with Crippen LogP contribution < -0.4 is 10.2 Å². The van der Waals surface area contributed by atoms with Crippen LogP contribution in [-0.2, 0) is 4.79 Å². The summed E-state index contributed by atoms with van der Waals surface area (Å²) in [7, 11) is 0. The topological polar surface area (TPSA) is 63.1 Å². The second-order valence-electron chi connectivity index (χ2n) is 9.11. The quantitative estimate of drug-likeness (QED) is 0.510. The van der Waals surface area contributed by atoms with E-state index in [1.54, 1.807) is 11.3 Å². The van der Waals surface area contributed by atoms with E-state index >= 15 is 0 Å². The molecule has 6 nitrogen and oxygen atoms in total. The molecule has 1 aromatic carbocycles. The summed E-state index contributed by atoms with van der Waals surface area (Å²) in [5, 5.41) is 9.73. The molecule has 0 unspecified atom stereocenters. The minimum atomic E-state index is 0.0351. The summed E-state index contributed by atoms with van der Waals surface area (Å²) in [5.41, 5.74) is 2.79. The van der Waals surface area contributed by atoms with E-state index in [2.05, 4.69) is 10.2 Å². The number of nitrogens with one attached hydrogen (secondary N) is 1. The minimum Gasteiger partial charge on any atom is -0.353 e. The van der Waals surface area contributed by atoms with Crippen LogP contribution in [0.5, 0.6) is 0 Å². The highest BCUT2D eigenvalue weighted by molar-refractivity contribution is 7.22. The molecule has 2 fully saturated rings. The highest BCUT2D eigenvalue weighted by atomic mass is 35.5. The molecule has 0 bridgehead atoms. The van der Waals surface area contributed by atoms with Gasteiger partial charge in [0.15, 0.2) is 10.8 Å². The maximum absolute atomic E-state index is 13.0. The standard InChI is InChI=1S/C24H30ClN5OS/c1-16-21-22(30(28-16)20-12-10-18(25)11-13-20)27-24(32-21)29-14-6-7-17(15-29)23(31)26-19-8-4-2-3-5-9-19/h10-13,17,19H,2-9,14-15H2,1H3,(H,26,31)/t17-/m1/s1. The lowest BCUT2D eigenvalue weighted by atomic mass is 9.96. The summed E-state index contributed by atoms with van der Waals surface area (Å²) >= 11 is 7.73. The van der Waals surface area contributed by atoms with Gasteiger partial charge in [-0.15, -0.1) is 0 Å². The molecule has 1 N–H and O–H groups in total. The molecule has 1 atom stereocenters. The highest BCUT2D eigenvalue weighted by Gasteiger charge is 2.29. The molecular weight excluding hydrogens is 442 g/mol. The van der Waals surface area contributed by atoms with Crippen LogP contribution in [0.15, 0.2) is 24.3 Å². The first-order chi connectivity index (χ1) is 15.6. The van der Waals surface area contributed by atoms with Gasteiger partial charge in [-0.3, -0.25) is 4.79 Å². The Kier molecular flexibility index (Phi) is 6.37. The SMILES string of the molecule is Cc1nn(-c2ccc(Cl)cc2)c2nc(N3CCC[C@@H](C(=O)NC4CCCCCC4)C3)sc12. The largest absolute Gasteiger partial charge is 0.353 e. The molecule has 1 aliphatic heterocycles. The van der Waals surface area contributed by atoms with Crippen LogP contribution in [0.4, 0.5) is 5.13 Å². The average Bonchev–Trinajstić information content (AvgIpc) is 3.26. The number of carbonyl (C=O) groups is 1. The second-order valence-corrected chi connectivity index (χ2v) is 10.5. The van der Waals surface area contributed by atoms with Crippen molar-refractivity contribution < 1.29 is 4.79 Å². The molecule has 5 rings (SSSR count). The van der Waals surface area contributed by atoms with Crippen molar-refractivity contribution in [3.63, 3.8) is 0 Å². The van der Waals surface area contributed by atoms with Gasteiger partial charge in [-0.05, 0) is 56.9 Å². The summed E-state index contributed by atoms with van der Waals surface area (Å²) in [6, 6.07) is 8.02. The fourth-order valence-electron chi connectivity index (χ4n) is 4.93. The number of benzene rings is 1. The van der Waals surface area contributed by atoms with E-state index in [0.717, 1.165) is 65.6 Å². The van der Waals surface area contributed by atoms with Crippen LogP contribution in [0.3, 0.4) is 0 Å². The maximum Gasteiger partial charge on any atom is 0.225 e. The molecule has 0 radical (unpaired) electrons. The van der Waals surface area contributed by atoms with Crippen molar-refractivity contribution >= 4 is 44.3 Å². The molecule has 170 valence electrons. The number of aromatic nitrogens is 3. The third-order valence-electron chi connectivity index (χ3n) is 6.71. The van der Waals surface area contributed by atoms with Crippen LogP contribution in [0.1, 0.15) is 57.1 Å². The van der Waals surface area contributed by atoms with Gasteiger partial charge in [0.25, 0.3) is 0 Å². The number of anilines is 1. The van der Waals surface area contributed by atoms with E-state index in [4.69, 9.17) is 21.7 Å². The molecule has 0 spiro atoms. The van der Waals surface area contributed by atoms with Gasteiger partial charge in [0.05, 0.1) is 22.0 Å². The predicted molar refractivity (Wildman–Crippen MR) is 131 cm³/mol. The Morgan fingerprint density at radius 2 is 1.84 bits per heavy atom. The highest BCUT2D eigenvalue weighted by Crippen LogP contribution is 2.34. The van der Waals surface area contributed by atoms with Crippen molar-refractivity contribution in [1.82, 2.24) is 20.1 Å². The van der Waals surface area contributed by atoms with Crippen molar-refractivity contribution in [2.75, 3.05) is 18.0 Å². The summed E-state index contributed by atoms with van der Waals surface area (Å²) < 4.78 is 2.99. The van der Waals surface area contributed by atoms with E-state index in [9.17, 15) is 4.79 Å². The van der Waals surface area contributed by atoms with Crippen LogP contribution in [-0.4, -0.2) is 39.8 Å². The number of amides is 1. The summed E-state index contributed by atoms with van der Waals surface area (Å²) in [4.78, 5) is 20.3. The zero-order valence-corrected chi connectivity index (χ0v) is 20.1. The molecule has 1 saturated heterocycles. The average molecular weight is 472 g/mol. The molecular formula is C24H30ClN5OS. The number of carbonyl (C=O) groups excluding carboxylic acids is 1. The van der Waals surface area contributed by atoms with E-state index in [1.165, 1.54) is 25.7 Å². The predicted octanol–water partition coefficient (Wildman–Crippen LogP) is 5.50. The summed E-state index contributed by atoms with van der Waals surface area (Å²) in [6.07, 6.45) is 9.29. The molecule has 8 heteroatoms. The number of piperidine rings is 1. The van der Waals surface area contributed by atoms with Crippen LogP contribution in [0.25, 0.3) is 16.0 Å².